The van der Waals surface area contributed by atoms with E-state index in [4.69, 9.17) is 0 Å². The molecular formula is C2HN2NaS2. The van der Waals surface area contributed by atoms with Crippen molar-refractivity contribution in [2.75, 3.05) is 0 Å². The van der Waals surface area contributed by atoms with Crippen molar-refractivity contribution >= 4 is 24.0 Å². The van der Waals surface area contributed by atoms with Crippen molar-refractivity contribution in [1.29, 1.82) is 0 Å². The van der Waals surface area contributed by atoms with Gasteiger partial charge in [0.05, 0.1) is 0 Å². The molecule has 0 radical (unpaired) electrons. The number of hydrogen-bond donors (Lipinski definition) is 0. The van der Waals surface area contributed by atoms with E-state index in [1.54, 1.807) is 5.51 Å². The van der Waals surface area contributed by atoms with Gasteiger partial charge in [0.2, 0.25) is 0 Å². The zero-order valence-corrected chi connectivity index (χ0v) is 7.42. The maximum absolute atomic E-state index is 4.59. The fraction of sp³-hybridized carbons (Fsp3) is 0. The average Bonchev–Trinajstić information content (AvgIpc) is 1.86. The first-order valence-corrected chi connectivity index (χ1v) is 2.61. The van der Waals surface area contributed by atoms with Crippen LogP contribution in [0, 0.1) is 0 Å². The Bertz CT molecular complexity index is 117. The van der Waals surface area contributed by atoms with Crippen LogP contribution in [-0.4, -0.2) is 10.2 Å². The molecule has 2 nitrogen and oxygen atoms in total. The number of hydrogen-bond acceptors (Lipinski definition) is 4. The summed E-state index contributed by atoms with van der Waals surface area (Å²) < 4.78 is 0.606. The molecule has 0 bridgehead atoms. The van der Waals surface area contributed by atoms with Crippen molar-refractivity contribution in [3.8, 4) is 0 Å². The van der Waals surface area contributed by atoms with Crippen LogP contribution in [0.3, 0.4) is 0 Å². The largest absolute Gasteiger partial charge is 1.00 e. The van der Waals surface area contributed by atoms with Gasteiger partial charge in [-0.05, 0) is 4.34 Å². The Morgan fingerprint density at radius 3 is 2.57 bits per heavy atom. The third-order valence-electron chi connectivity index (χ3n) is 0.340. The van der Waals surface area contributed by atoms with Crippen LogP contribution in [0.2, 0.25) is 0 Å². The van der Waals surface area contributed by atoms with E-state index in [0.29, 0.717) is 4.34 Å². The van der Waals surface area contributed by atoms with Crippen LogP contribution >= 0.6 is 11.3 Å². The zero-order chi connectivity index (χ0) is 4.41. The van der Waals surface area contributed by atoms with E-state index in [1.807, 2.05) is 0 Å². The van der Waals surface area contributed by atoms with Crippen molar-refractivity contribution in [3.63, 3.8) is 0 Å². The Balaban J connectivity index is 0.000000360. The van der Waals surface area contributed by atoms with Gasteiger partial charge in [-0.1, -0.05) is 0 Å². The minimum Gasteiger partial charge on any atom is -0.406 e. The van der Waals surface area contributed by atoms with Gasteiger partial charge in [0.25, 0.3) is 0 Å². The summed E-state index contributed by atoms with van der Waals surface area (Å²) in [7, 11) is 0. The molecule has 0 aliphatic heterocycles. The summed E-state index contributed by atoms with van der Waals surface area (Å²) in [6.07, 6.45) is 0. The Kier molecular flexibility index (Phi) is 4.16. The minimum atomic E-state index is 0. The SMILES string of the molecule is [Na+].[S-]c1nncs1. The molecule has 0 amide bonds. The van der Waals surface area contributed by atoms with E-state index in [9.17, 15) is 0 Å². The summed E-state index contributed by atoms with van der Waals surface area (Å²) in [4.78, 5) is 0. The molecule has 0 spiro atoms. The molecule has 1 aromatic heterocycles. The van der Waals surface area contributed by atoms with Gasteiger partial charge in [-0.3, -0.25) is 0 Å². The van der Waals surface area contributed by atoms with Gasteiger partial charge in [0.15, 0.2) is 0 Å². The molecule has 0 atom stereocenters. The molecule has 0 saturated heterocycles. The monoisotopic (exact) mass is 140 g/mol. The second kappa shape index (κ2) is 3.74. The number of aromatic nitrogens is 2. The summed E-state index contributed by atoms with van der Waals surface area (Å²) in [6, 6.07) is 0. The number of rotatable bonds is 0. The van der Waals surface area contributed by atoms with Gasteiger partial charge in [-0.25, -0.2) is 0 Å². The zero-order valence-electron chi connectivity index (χ0n) is 3.79. The fourth-order valence-corrected chi connectivity index (χ4v) is 0.618. The summed E-state index contributed by atoms with van der Waals surface area (Å²) >= 11 is 5.96. The quantitative estimate of drug-likeness (QED) is 0.293. The van der Waals surface area contributed by atoms with Gasteiger partial charge in [0, 0.05) is 5.51 Å². The second-order valence-corrected chi connectivity index (χ2v) is 2.18. The Morgan fingerprint density at radius 1 is 1.71 bits per heavy atom. The van der Waals surface area contributed by atoms with E-state index in [1.165, 1.54) is 11.3 Å². The normalized spacial score (nSPS) is 7.43. The van der Waals surface area contributed by atoms with E-state index < -0.39 is 0 Å². The first kappa shape index (κ1) is 7.78. The molecule has 32 valence electrons. The van der Waals surface area contributed by atoms with Gasteiger partial charge < -0.3 is 24.0 Å². The van der Waals surface area contributed by atoms with Crippen LogP contribution in [0.4, 0.5) is 0 Å². The molecule has 0 aliphatic rings. The van der Waals surface area contributed by atoms with Gasteiger partial charge in [-0.2, -0.15) is 10.2 Å². The summed E-state index contributed by atoms with van der Waals surface area (Å²) in [5.74, 6) is 0. The Hall–Kier alpha value is 0.780. The van der Waals surface area contributed by atoms with Crippen molar-refractivity contribution in [3.05, 3.63) is 5.51 Å². The second-order valence-electron chi connectivity index (χ2n) is 0.705. The molecule has 5 heteroatoms. The van der Waals surface area contributed by atoms with E-state index in [-0.39, 0.29) is 29.6 Å². The molecular weight excluding hydrogens is 139 g/mol. The molecule has 1 rings (SSSR count). The third kappa shape index (κ3) is 2.56. The van der Waals surface area contributed by atoms with Crippen molar-refractivity contribution in [2.24, 2.45) is 0 Å². The van der Waals surface area contributed by atoms with E-state index >= 15 is 0 Å². The topological polar surface area (TPSA) is 25.8 Å². The third-order valence-corrected chi connectivity index (χ3v) is 1.19. The first-order chi connectivity index (χ1) is 2.89. The molecule has 0 aromatic carbocycles. The first-order valence-electron chi connectivity index (χ1n) is 1.33. The minimum absolute atomic E-state index is 0. The summed E-state index contributed by atoms with van der Waals surface area (Å²) in [5, 5.41) is 6.99. The number of nitrogens with zero attached hydrogens (tertiary/aromatic N) is 2. The van der Waals surface area contributed by atoms with Crippen LogP contribution in [0.1, 0.15) is 0 Å². The van der Waals surface area contributed by atoms with Crippen LogP contribution in [-0.2, 0) is 12.6 Å². The predicted octanol–water partition coefficient (Wildman–Crippen LogP) is -2.55. The summed E-state index contributed by atoms with van der Waals surface area (Å²) in [5.41, 5.74) is 1.61. The molecule has 1 aromatic rings. The fourth-order valence-electron chi connectivity index (χ4n) is 0.163. The van der Waals surface area contributed by atoms with Crippen molar-refractivity contribution in [2.45, 2.75) is 4.34 Å². The molecule has 7 heavy (non-hydrogen) atoms. The average molecular weight is 140 g/mol. The molecule has 0 fully saturated rings. The molecule has 0 unspecified atom stereocenters. The van der Waals surface area contributed by atoms with Crippen LogP contribution in [0.25, 0.3) is 0 Å². The molecule has 0 saturated carbocycles. The maximum atomic E-state index is 4.59. The smallest absolute Gasteiger partial charge is 0.406 e. The Morgan fingerprint density at radius 2 is 2.43 bits per heavy atom. The van der Waals surface area contributed by atoms with Crippen LogP contribution in [0.5, 0.6) is 0 Å². The van der Waals surface area contributed by atoms with Crippen molar-refractivity contribution < 1.29 is 29.6 Å². The van der Waals surface area contributed by atoms with Crippen LogP contribution < -0.4 is 29.6 Å². The van der Waals surface area contributed by atoms with Crippen molar-refractivity contribution in [1.82, 2.24) is 10.2 Å². The standard InChI is InChI=1S/C2H2N2S2.Na/c5-2-4-3-1-6-2;/h1H,(H,4,5);/q;+1/p-1. The van der Waals surface area contributed by atoms with E-state index in [2.05, 4.69) is 22.8 Å². The summed E-state index contributed by atoms with van der Waals surface area (Å²) in [6.45, 7) is 0. The maximum Gasteiger partial charge on any atom is 1.00 e. The molecule has 0 aliphatic carbocycles. The van der Waals surface area contributed by atoms with Gasteiger partial charge in [0.1, 0.15) is 0 Å². The van der Waals surface area contributed by atoms with E-state index in [0.717, 1.165) is 0 Å². The Labute approximate surface area is 73.0 Å². The van der Waals surface area contributed by atoms with Crippen LogP contribution in [0.15, 0.2) is 9.85 Å². The van der Waals surface area contributed by atoms with Gasteiger partial charge >= 0.3 is 29.6 Å². The predicted molar refractivity (Wildman–Crippen MR) is 25.5 cm³/mol. The molecule has 1 heterocycles. The van der Waals surface area contributed by atoms with Gasteiger partial charge in [-0.15, -0.1) is 0 Å². The molecule has 0 N–H and O–H groups in total.